The summed E-state index contributed by atoms with van der Waals surface area (Å²) in [6.07, 6.45) is 2.29. The van der Waals surface area contributed by atoms with E-state index in [0.717, 1.165) is 23.4 Å². The quantitative estimate of drug-likeness (QED) is 0.849. The van der Waals surface area contributed by atoms with Crippen LogP contribution in [0.4, 0.5) is 4.79 Å². The van der Waals surface area contributed by atoms with Gasteiger partial charge in [-0.05, 0) is 37.8 Å². The predicted molar refractivity (Wildman–Crippen MR) is 84.7 cm³/mol. The molecule has 0 bridgehead atoms. The van der Waals surface area contributed by atoms with Gasteiger partial charge in [0.2, 0.25) is 0 Å². The zero-order chi connectivity index (χ0) is 15.5. The molecular formula is C16H23ClN2O2. The number of amides is 2. The molecule has 0 heterocycles. The highest BCUT2D eigenvalue weighted by Crippen LogP contribution is 2.49. The lowest BCUT2D eigenvalue weighted by molar-refractivity contribution is 0.163. The number of urea groups is 1. The van der Waals surface area contributed by atoms with Gasteiger partial charge in [-0.25, -0.2) is 4.79 Å². The fourth-order valence-corrected chi connectivity index (χ4v) is 2.78. The molecule has 1 aliphatic carbocycles. The van der Waals surface area contributed by atoms with Crippen LogP contribution in [0.2, 0.25) is 5.02 Å². The zero-order valence-corrected chi connectivity index (χ0v) is 13.4. The summed E-state index contributed by atoms with van der Waals surface area (Å²) in [4.78, 5) is 13.7. The van der Waals surface area contributed by atoms with Crippen molar-refractivity contribution >= 4 is 17.6 Å². The summed E-state index contributed by atoms with van der Waals surface area (Å²) >= 11 is 6.26. The predicted octanol–water partition coefficient (Wildman–Crippen LogP) is 2.78. The normalized spacial score (nSPS) is 17.1. The zero-order valence-electron chi connectivity index (χ0n) is 12.6. The Bertz CT molecular complexity index is 501. The fraction of sp³-hybridized carbons (Fsp3) is 0.562. The molecule has 2 amide bonds. The Hall–Kier alpha value is -1.26. The SMILES string of the molecule is C[C@H](O)CCN(C)C(=O)NCC1(c2ccccc2Cl)CC1. The van der Waals surface area contributed by atoms with Gasteiger partial charge in [0.05, 0.1) is 6.10 Å². The molecule has 0 aliphatic heterocycles. The van der Waals surface area contributed by atoms with E-state index < -0.39 is 6.10 Å². The molecule has 1 aromatic carbocycles. The van der Waals surface area contributed by atoms with Crippen molar-refractivity contribution in [2.45, 2.75) is 37.7 Å². The molecule has 0 radical (unpaired) electrons. The van der Waals surface area contributed by atoms with Gasteiger partial charge in [0.1, 0.15) is 0 Å². The Labute approximate surface area is 131 Å². The van der Waals surface area contributed by atoms with Crippen molar-refractivity contribution in [1.29, 1.82) is 0 Å². The second-order valence-corrected chi connectivity index (χ2v) is 6.39. The maximum absolute atomic E-state index is 12.0. The molecule has 4 nitrogen and oxygen atoms in total. The van der Waals surface area contributed by atoms with Gasteiger partial charge in [0.25, 0.3) is 0 Å². The highest BCUT2D eigenvalue weighted by atomic mass is 35.5. The van der Waals surface area contributed by atoms with Gasteiger partial charge in [-0.1, -0.05) is 29.8 Å². The third kappa shape index (κ3) is 4.11. The first-order chi connectivity index (χ1) is 9.94. The lowest BCUT2D eigenvalue weighted by Crippen LogP contribution is -2.41. The number of benzene rings is 1. The molecule has 1 aromatic rings. The molecule has 0 spiro atoms. The van der Waals surface area contributed by atoms with Crippen LogP contribution in [-0.4, -0.2) is 42.3 Å². The lowest BCUT2D eigenvalue weighted by atomic mass is 9.96. The first kappa shape index (κ1) is 16.1. The molecule has 116 valence electrons. The van der Waals surface area contributed by atoms with Crippen molar-refractivity contribution in [3.8, 4) is 0 Å². The van der Waals surface area contributed by atoms with Gasteiger partial charge in [0, 0.05) is 30.6 Å². The van der Waals surface area contributed by atoms with Crippen LogP contribution in [0.3, 0.4) is 0 Å². The van der Waals surface area contributed by atoms with E-state index in [0.29, 0.717) is 19.5 Å². The molecule has 2 rings (SSSR count). The van der Waals surface area contributed by atoms with Crippen LogP contribution in [-0.2, 0) is 5.41 Å². The Kier molecular flexibility index (Phi) is 5.12. The largest absolute Gasteiger partial charge is 0.393 e. The number of rotatable bonds is 6. The van der Waals surface area contributed by atoms with Crippen molar-refractivity contribution in [2.75, 3.05) is 20.1 Å². The maximum Gasteiger partial charge on any atom is 0.317 e. The summed E-state index contributed by atoms with van der Waals surface area (Å²) in [5.74, 6) is 0. The molecule has 0 aromatic heterocycles. The van der Waals surface area contributed by atoms with Crippen LogP contribution >= 0.6 is 11.6 Å². The number of nitrogens with zero attached hydrogens (tertiary/aromatic N) is 1. The van der Waals surface area contributed by atoms with Crippen LogP contribution in [0.15, 0.2) is 24.3 Å². The molecular weight excluding hydrogens is 288 g/mol. The number of hydrogen-bond acceptors (Lipinski definition) is 2. The number of aliphatic hydroxyl groups excluding tert-OH is 1. The molecule has 2 N–H and O–H groups in total. The number of carbonyl (C=O) groups excluding carboxylic acids is 1. The average molecular weight is 311 g/mol. The summed E-state index contributed by atoms with van der Waals surface area (Å²) in [7, 11) is 1.74. The summed E-state index contributed by atoms with van der Waals surface area (Å²) < 4.78 is 0. The first-order valence-electron chi connectivity index (χ1n) is 7.37. The standard InChI is InChI=1S/C16H23ClN2O2/c1-12(20)7-10-19(2)15(21)18-11-16(8-9-16)13-5-3-4-6-14(13)17/h3-6,12,20H,7-11H2,1-2H3,(H,18,21)/t12-/m0/s1. The molecule has 21 heavy (non-hydrogen) atoms. The van der Waals surface area contributed by atoms with Gasteiger partial charge in [0.15, 0.2) is 0 Å². The van der Waals surface area contributed by atoms with E-state index in [1.807, 2.05) is 24.3 Å². The monoisotopic (exact) mass is 310 g/mol. The first-order valence-corrected chi connectivity index (χ1v) is 7.74. The average Bonchev–Trinajstić information content (AvgIpc) is 3.23. The second kappa shape index (κ2) is 6.67. The van der Waals surface area contributed by atoms with E-state index in [4.69, 9.17) is 11.6 Å². The molecule has 5 heteroatoms. The van der Waals surface area contributed by atoms with Gasteiger partial charge in [-0.3, -0.25) is 0 Å². The van der Waals surface area contributed by atoms with E-state index in [9.17, 15) is 9.90 Å². The lowest BCUT2D eigenvalue weighted by Gasteiger charge is -2.22. The van der Waals surface area contributed by atoms with E-state index in [2.05, 4.69) is 5.32 Å². The third-order valence-electron chi connectivity index (χ3n) is 4.11. The van der Waals surface area contributed by atoms with Crippen LogP contribution in [0, 0.1) is 0 Å². The number of aliphatic hydroxyl groups is 1. The van der Waals surface area contributed by atoms with E-state index in [1.54, 1.807) is 18.9 Å². The topological polar surface area (TPSA) is 52.6 Å². The minimum Gasteiger partial charge on any atom is -0.393 e. The van der Waals surface area contributed by atoms with Crippen molar-refractivity contribution in [2.24, 2.45) is 0 Å². The fourth-order valence-electron chi connectivity index (χ4n) is 2.45. The van der Waals surface area contributed by atoms with Crippen molar-refractivity contribution in [1.82, 2.24) is 10.2 Å². The molecule has 1 aliphatic rings. The van der Waals surface area contributed by atoms with Crippen LogP contribution < -0.4 is 5.32 Å². The van der Waals surface area contributed by atoms with Gasteiger partial charge in [-0.2, -0.15) is 0 Å². The van der Waals surface area contributed by atoms with E-state index in [-0.39, 0.29) is 11.4 Å². The highest BCUT2D eigenvalue weighted by Gasteiger charge is 2.45. The van der Waals surface area contributed by atoms with E-state index >= 15 is 0 Å². The number of halogens is 1. The van der Waals surface area contributed by atoms with Gasteiger partial charge < -0.3 is 15.3 Å². The molecule has 1 atom stereocenters. The van der Waals surface area contributed by atoms with Crippen LogP contribution in [0.1, 0.15) is 31.7 Å². The minimum absolute atomic E-state index is 0.000879. The summed E-state index contributed by atoms with van der Waals surface area (Å²) in [6.45, 7) is 2.87. The van der Waals surface area contributed by atoms with E-state index in [1.165, 1.54) is 0 Å². The Morgan fingerprint density at radius 3 is 2.71 bits per heavy atom. The summed E-state index contributed by atoms with van der Waals surface area (Å²) in [5, 5.41) is 13.0. The van der Waals surface area contributed by atoms with Gasteiger partial charge in [-0.15, -0.1) is 0 Å². The molecule has 0 unspecified atom stereocenters. The molecule has 1 saturated carbocycles. The molecule has 1 fully saturated rings. The number of carbonyl (C=O) groups is 1. The van der Waals surface area contributed by atoms with Gasteiger partial charge >= 0.3 is 6.03 Å². The van der Waals surface area contributed by atoms with Crippen molar-refractivity contribution in [3.63, 3.8) is 0 Å². The van der Waals surface area contributed by atoms with Crippen LogP contribution in [0.5, 0.6) is 0 Å². The van der Waals surface area contributed by atoms with Crippen molar-refractivity contribution in [3.05, 3.63) is 34.9 Å². The van der Waals surface area contributed by atoms with Crippen LogP contribution in [0.25, 0.3) is 0 Å². The summed E-state index contributed by atoms with van der Waals surface area (Å²) in [5.41, 5.74) is 1.12. The van der Waals surface area contributed by atoms with Crippen molar-refractivity contribution < 1.29 is 9.90 Å². The third-order valence-corrected chi connectivity index (χ3v) is 4.44. The maximum atomic E-state index is 12.0. The Morgan fingerprint density at radius 1 is 1.48 bits per heavy atom. The minimum atomic E-state index is -0.391. The Balaban J connectivity index is 1.88. The number of nitrogens with one attached hydrogen (secondary N) is 1. The highest BCUT2D eigenvalue weighted by molar-refractivity contribution is 6.31. The smallest absolute Gasteiger partial charge is 0.317 e. The number of hydrogen-bond donors (Lipinski definition) is 2. The molecule has 0 saturated heterocycles. The summed E-state index contributed by atoms with van der Waals surface area (Å²) in [6, 6.07) is 7.74. The Morgan fingerprint density at radius 2 is 2.14 bits per heavy atom. The second-order valence-electron chi connectivity index (χ2n) is 5.98.